The number of alkyl halides is 3. The number of hydrogen-bond donors (Lipinski definition) is 0. The van der Waals surface area contributed by atoms with E-state index in [-0.39, 0.29) is 0 Å². The van der Waals surface area contributed by atoms with Gasteiger partial charge in [0.05, 0.1) is 5.56 Å². The minimum Gasteiger partial charge on any atom is -0.166 e. The standard InChI is InChI=1S/C31H45F3/c1-5-7-9-12-25(6-2)22-24-30(3,4)23-11-8-10-13-26-14-16-27(17-15-26)28-18-20-29(21-19-28)31(32,33)34/h14-21,25H,5-13,22-24H2,1-4H3. The van der Waals surface area contributed by atoms with Crippen LogP contribution in [0, 0.1) is 11.3 Å². The van der Waals surface area contributed by atoms with Crippen LogP contribution in [0.1, 0.15) is 109 Å². The first kappa shape index (κ1) is 28.5. The number of halogens is 3. The van der Waals surface area contributed by atoms with Gasteiger partial charge >= 0.3 is 6.18 Å². The molecule has 2 rings (SSSR count). The molecule has 0 N–H and O–H groups in total. The van der Waals surface area contributed by atoms with Gasteiger partial charge in [0.15, 0.2) is 0 Å². The summed E-state index contributed by atoms with van der Waals surface area (Å²) in [6, 6.07) is 13.7. The van der Waals surface area contributed by atoms with Crippen LogP contribution in [0.15, 0.2) is 48.5 Å². The predicted octanol–water partition coefficient (Wildman–Crippen LogP) is 10.9. The summed E-state index contributed by atoms with van der Waals surface area (Å²) in [7, 11) is 0. The highest BCUT2D eigenvalue weighted by atomic mass is 19.4. The lowest BCUT2D eigenvalue weighted by Gasteiger charge is -2.27. The average molecular weight is 475 g/mol. The second-order valence-corrected chi connectivity index (χ2v) is 10.8. The van der Waals surface area contributed by atoms with Crippen LogP contribution in [0.2, 0.25) is 0 Å². The molecular formula is C31H45F3. The lowest BCUT2D eigenvalue weighted by molar-refractivity contribution is -0.137. The van der Waals surface area contributed by atoms with E-state index in [4.69, 9.17) is 0 Å². The fourth-order valence-corrected chi connectivity index (χ4v) is 4.78. The third-order valence-corrected chi connectivity index (χ3v) is 7.34. The molecule has 0 saturated heterocycles. The number of aryl methyl sites for hydroxylation is 1. The van der Waals surface area contributed by atoms with Crippen molar-refractivity contribution < 1.29 is 13.2 Å². The van der Waals surface area contributed by atoms with Gasteiger partial charge in [-0.2, -0.15) is 13.2 Å². The van der Waals surface area contributed by atoms with Crippen molar-refractivity contribution in [2.75, 3.05) is 0 Å². The third-order valence-electron chi connectivity index (χ3n) is 7.34. The third kappa shape index (κ3) is 10.2. The van der Waals surface area contributed by atoms with Gasteiger partial charge in [0.2, 0.25) is 0 Å². The first-order valence-electron chi connectivity index (χ1n) is 13.4. The smallest absolute Gasteiger partial charge is 0.166 e. The number of benzene rings is 2. The number of hydrogen-bond acceptors (Lipinski definition) is 0. The highest BCUT2D eigenvalue weighted by molar-refractivity contribution is 5.64. The molecule has 0 aliphatic rings. The Kier molecular flexibility index (Phi) is 11.7. The Balaban J connectivity index is 1.69. The van der Waals surface area contributed by atoms with Crippen molar-refractivity contribution in [2.24, 2.45) is 11.3 Å². The van der Waals surface area contributed by atoms with Crippen LogP contribution in [-0.2, 0) is 12.6 Å². The highest BCUT2D eigenvalue weighted by Gasteiger charge is 2.29. The van der Waals surface area contributed by atoms with Gasteiger partial charge in [-0.25, -0.2) is 0 Å². The van der Waals surface area contributed by atoms with E-state index in [1.54, 1.807) is 12.1 Å². The first-order chi connectivity index (χ1) is 16.1. The van der Waals surface area contributed by atoms with Crippen molar-refractivity contribution in [3.63, 3.8) is 0 Å². The van der Waals surface area contributed by atoms with Gasteiger partial charge in [0.1, 0.15) is 0 Å². The van der Waals surface area contributed by atoms with Crippen molar-refractivity contribution in [2.45, 2.75) is 111 Å². The van der Waals surface area contributed by atoms with Gasteiger partial charge in [-0.1, -0.05) is 109 Å². The van der Waals surface area contributed by atoms with Crippen LogP contribution in [0.25, 0.3) is 11.1 Å². The molecule has 0 heterocycles. The maximum Gasteiger partial charge on any atom is 0.416 e. The lowest BCUT2D eigenvalue weighted by Crippen LogP contribution is -2.14. The van der Waals surface area contributed by atoms with Gasteiger partial charge in [-0.3, -0.25) is 0 Å². The van der Waals surface area contributed by atoms with E-state index in [0.29, 0.717) is 5.41 Å². The molecule has 0 radical (unpaired) electrons. The summed E-state index contributed by atoms with van der Waals surface area (Å²) in [5.74, 6) is 0.899. The largest absolute Gasteiger partial charge is 0.416 e. The van der Waals surface area contributed by atoms with Gasteiger partial charge < -0.3 is 0 Å². The molecular weight excluding hydrogens is 429 g/mol. The zero-order valence-corrected chi connectivity index (χ0v) is 21.8. The van der Waals surface area contributed by atoms with Gasteiger partial charge in [-0.05, 0) is 72.3 Å². The summed E-state index contributed by atoms with van der Waals surface area (Å²) < 4.78 is 38.3. The van der Waals surface area contributed by atoms with Crippen molar-refractivity contribution in [3.8, 4) is 11.1 Å². The second kappa shape index (κ2) is 14.0. The summed E-state index contributed by atoms with van der Waals surface area (Å²) in [6.07, 6.45) is 11.3. The van der Waals surface area contributed by atoms with E-state index in [1.165, 1.54) is 76.2 Å². The van der Waals surface area contributed by atoms with Crippen molar-refractivity contribution >= 4 is 0 Å². The summed E-state index contributed by atoms with van der Waals surface area (Å²) in [4.78, 5) is 0. The molecule has 34 heavy (non-hydrogen) atoms. The maximum atomic E-state index is 12.8. The summed E-state index contributed by atoms with van der Waals surface area (Å²) >= 11 is 0. The molecule has 0 amide bonds. The molecule has 1 atom stereocenters. The Bertz CT molecular complexity index is 800. The highest BCUT2D eigenvalue weighted by Crippen LogP contribution is 2.33. The summed E-state index contributed by atoms with van der Waals surface area (Å²) in [5, 5.41) is 0. The molecule has 0 bridgehead atoms. The number of unbranched alkanes of at least 4 members (excludes halogenated alkanes) is 4. The van der Waals surface area contributed by atoms with E-state index in [2.05, 4.69) is 39.8 Å². The molecule has 0 saturated carbocycles. The van der Waals surface area contributed by atoms with Crippen molar-refractivity contribution in [3.05, 3.63) is 59.7 Å². The van der Waals surface area contributed by atoms with Crippen molar-refractivity contribution in [1.82, 2.24) is 0 Å². The monoisotopic (exact) mass is 474 g/mol. The molecule has 0 nitrogen and oxygen atoms in total. The van der Waals surface area contributed by atoms with Crippen LogP contribution >= 0.6 is 0 Å². The Labute approximate surface area is 206 Å². The normalized spacial score (nSPS) is 13.3. The SMILES string of the molecule is CCCCCC(CC)CCC(C)(C)CCCCCc1ccc(-c2ccc(C(F)(F)F)cc2)cc1. The average Bonchev–Trinajstić information content (AvgIpc) is 2.81. The van der Waals surface area contributed by atoms with Crippen molar-refractivity contribution in [1.29, 1.82) is 0 Å². The quantitative estimate of drug-likeness (QED) is 0.225. The molecule has 1 unspecified atom stereocenters. The van der Waals surface area contributed by atoms with Gasteiger partial charge in [0.25, 0.3) is 0 Å². The molecule has 0 fully saturated rings. The molecule has 0 aliphatic carbocycles. The lowest BCUT2D eigenvalue weighted by atomic mass is 9.79. The van der Waals surface area contributed by atoms with E-state index >= 15 is 0 Å². The van der Waals surface area contributed by atoms with Gasteiger partial charge in [0, 0.05) is 0 Å². The van der Waals surface area contributed by atoms with E-state index in [9.17, 15) is 13.2 Å². The Morgan fingerprint density at radius 1 is 0.676 bits per heavy atom. The van der Waals surface area contributed by atoms with Crippen LogP contribution in [0.5, 0.6) is 0 Å². The van der Waals surface area contributed by atoms with E-state index < -0.39 is 11.7 Å². The maximum absolute atomic E-state index is 12.8. The van der Waals surface area contributed by atoms with E-state index in [1.807, 2.05) is 12.1 Å². The van der Waals surface area contributed by atoms with Crippen LogP contribution in [-0.4, -0.2) is 0 Å². The fourth-order valence-electron chi connectivity index (χ4n) is 4.78. The molecule has 0 spiro atoms. The topological polar surface area (TPSA) is 0 Å². The van der Waals surface area contributed by atoms with Crippen LogP contribution in [0.3, 0.4) is 0 Å². The zero-order valence-electron chi connectivity index (χ0n) is 21.8. The molecule has 2 aromatic carbocycles. The van der Waals surface area contributed by atoms with E-state index in [0.717, 1.165) is 35.6 Å². The zero-order chi connectivity index (χ0) is 25.0. The second-order valence-electron chi connectivity index (χ2n) is 10.8. The summed E-state index contributed by atoms with van der Waals surface area (Å²) in [5.41, 5.74) is 2.90. The fraction of sp³-hybridized carbons (Fsp3) is 0.613. The molecule has 2 aromatic rings. The Morgan fingerprint density at radius 3 is 1.85 bits per heavy atom. The molecule has 0 aliphatic heterocycles. The van der Waals surface area contributed by atoms with Crippen LogP contribution < -0.4 is 0 Å². The minimum atomic E-state index is -4.29. The number of rotatable bonds is 15. The minimum absolute atomic E-state index is 0.432. The Morgan fingerprint density at radius 2 is 1.29 bits per heavy atom. The predicted molar refractivity (Wildman–Crippen MR) is 140 cm³/mol. The van der Waals surface area contributed by atoms with Gasteiger partial charge in [-0.15, -0.1) is 0 Å². The first-order valence-corrected chi connectivity index (χ1v) is 13.4. The molecule has 0 aromatic heterocycles. The molecule has 3 heteroatoms. The van der Waals surface area contributed by atoms with Crippen LogP contribution in [0.4, 0.5) is 13.2 Å². The summed E-state index contributed by atoms with van der Waals surface area (Å²) in [6.45, 7) is 9.50. The Hall–Kier alpha value is -1.77. The molecule has 190 valence electrons.